The molecule has 17 heavy (non-hydrogen) atoms. The smallest absolute Gasteiger partial charge is 0.328 e. The van der Waals surface area contributed by atoms with Gasteiger partial charge in [-0.2, -0.15) is 0 Å². The summed E-state index contributed by atoms with van der Waals surface area (Å²) < 4.78 is 5.68. The molecule has 1 aromatic carbocycles. The molecule has 1 rings (SSSR count). The van der Waals surface area contributed by atoms with E-state index in [1.54, 1.807) is 18.2 Å². The van der Waals surface area contributed by atoms with E-state index >= 15 is 0 Å². The summed E-state index contributed by atoms with van der Waals surface area (Å²) >= 11 is 6.02. The second-order valence-electron chi connectivity index (χ2n) is 3.66. The molecule has 0 heterocycles. The van der Waals surface area contributed by atoms with E-state index in [0.29, 0.717) is 16.3 Å². The first-order chi connectivity index (χ1) is 8.04. The Morgan fingerprint density at radius 1 is 1.59 bits per heavy atom. The van der Waals surface area contributed by atoms with Crippen molar-refractivity contribution in [3.05, 3.63) is 34.9 Å². The van der Waals surface area contributed by atoms with Gasteiger partial charge in [0.15, 0.2) is 0 Å². The van der Waals surface area contributed by atoms with Gasteiger partial charge in [-0.05, 0) is 31.6 Å². The Morgan fingerprint density at radius 2 is 2.29 bits per heavy atom. The van der Waals surface area contributed by atoms with Gasteiger partial charge >= 0.3 is 5.97 Å². The number of benzene rings is 1. The minimum atomic E-state index is -1.01. The molecule has 1 aromatic rings. The van der Waals surface area contributed by atoms with Crippen LogP contribution in [0, 0.1) is 0 Å². The van der Waals surface area contributed by atoms with Crippen LogP contribution in [-0.2, 0) is 4.79 Å². The number of rotatable bonds is 5. The minimum absolute atomic E-state index is 0.0606. The predicted molar refractivity (Wildman–Crippen MR) is 68.5 cm³/mol. The zero-order chi connectivity index (χ0) is 12.8. The lowest BCUT2D eigenvalue weighted by Gasteiger charge is -2.15. The van der Waals surface area contributed by atoms with Crippen LogP contribution in [0.5, 0.6) is 5.75 Å². The summed E-state index contributed by atoms with van der Waals surface area (Å²) in [6.45, 7) is 3.97. The first-order valence-corrected chi connectivity index (χ1v) is 5.78. The number of carbonyl (C=O) groups is 1. The second-order valence-corrected chi connectivity index (χ2v) is 4.07. The molecule has 0 aromatic heterocycles. The van der Waals surface area contributed by atoms with Gasteiger partial charge in [0.05, 0.1) is 11.1 Å². The van der Waals surface area contributed by atoms with Gasteiger partial charge in [0.25, 0.3) is 0 Å². The largest absolute Gasteiger partial charge is 0.490 e. The molecule has 0 saturated carbocycles. The van der Waals surface area contributed by atoms with Gasteiger partial charge < -0.3 is 9.84 Å². The fraction of sp³-hybridized carbons (Fsp3) is 0.308. The molecular weight excluding hydrogens is 240 g/mol. The number of carboxylic acids is 1. The minimum Gasteiger partial charge on any atom is -0.490 e. The molecule has 0 aliphatic carbocycles. The van der Waals surface area contributed by atoms with Gasteiger partial charge in [0.1, 0.15) is 5.75 Å². The number of ether oxygens (including phenoxy) is 1. The lowest BCUT2D eigenvalue weighted by atomic mass is 10.1. The highest BCUT2D eigenvalue weighted by Gasteiger charge is 2.08. The fourth-order valence-electron chi connectivity index (χ4n) is 1.24. The highest BCUT2D eigenvalue weighted by atomic mass is 35.5. The SMILES string of the molecule is CCC(C)Oc1cccc(Cl)c1/C=C/C(=O)O. The summed E-state index contributed by atoms with van der Waals surface area (Å²) in [4.78, 5) is 10.5. The van der Waals surface area contributed by atoms with Crippen LogP contribution in [0.4, 0.5) is 0 Å². The van der Waals surface area contributed by atoms with Crippen molar-refractivity contribution < 1.29 is 14.6 Å². The molecule has 3 nitrogen and oxygen atoms in total. The number of carboxylic acid groups (broad SMARTS) is 1. The molecule has 0 radical (unpaired) electrons. The summed E-state index contributed by atoms with van der Waals surface area (Å²) in [5, 5.41) is 9.09. The van der Waals surface area contributed by atoms with Crippen LogP contribution in [0.1, 0.15) is 25.8 Å². The van der Waals surface area contributed by atoms with Gasteiger partial charge in [0.2, 0.25) is 0 Å². The lowest BCUT2D eigenvalue weighted by molar-refractivity contribution is -0.131. The highest BCUT2D eigenvalue weighted by Crippen LogP contribution is 2.28. The zero-order valence-corrected chi connectivity index (χ0v) is 10.6. The Kier molecular flexibility index (Phi) is 5.04. The van der Waals surface area contributed by atoms with Gasteiger partial charge in [-0.25, -0.2) is 4.79 Å². The van der Waals surface area contributed by atoms with Crippen LogP contribution < -0.4 is 4.74 Å². The van der Waals surface area contributed by atoms with E-state index in [-0.39, 0.29) is 6.10 Å². The molecule has 92 valence electrons. The van der Waals surface area contributed by atoms with Crippen molar-refractivity contribution >= 4 is 23.6 Å². The number of hydrogen-bond acceptors (Lipinski definition) is 2. The van der Waals surface area contributed by atoms with Crippen LogP contribution in [0.15, 0.2) is 24.3 Å². The van der Waals surface area contributed by atoms with Crippen LogP contribution in [0.25, 0.3) is 6.08 Å². The molecule has 0 bridgehead atoms. The van der Waals surface area contributed by atoms with Crippen LogP contribution in [-0.4, -0.2) is 17.2 Å². The van der Waals surface area contributed by atoms with Gasteiger partial charge in [0, 0.05) is 11.6 Å². The van der Waals surface area contributed by atoms with Gasteiger partial charge in [-0.3, -0.25) is 0 Å². The lowest BCUT2D eigenvalue weighted by Crippen LogP contribution is -2.10. The van der Waals surface area contributed by atoms with E-state index in [0.717, 1.165) is 12.5 Å². The summed E-state index contributed by atoms with van der Waals surface area (Å²) in [7, 11) is 0. The Morgan fingerprint density at radius 3 is 2.88 bits per heavy atom. The van der Waals surface area contributed by atoms with E-state index in [1.807, 2.05) is 13.8 Å². The topological polar surface area (TPSA) is 46.5 Å². The summed E-state index contributed by atoms with van der Waals surface area (Å²) in [6.07, 6.45) is 3.42. The third-order valence-electron chi connectivity index (χ3n) is 2.31. The normalized spacial score (nSPS) is 12.6. The number of halogens is 1. The Bertz CT molecular complexity index is 427. The van der Waals surface area contributed by atoms with Crippen molar-refractivity contribution in [2.75, 3.05) is 0 Å². The Hall–Kier alpha value is -1.48. The molecule has 0 saturated heterocycles. The maximum Gasteiger partial charge on any atom is 0.328 e. The van der Waals surface area contributed by atoms with Crippen LogP contribution in [0.2, 0.25) is 5.02 Å². The molecule has 0 amide bonds. The van der Waals surface area contributed by atoms with Crippen molar-refractivity contribution in [2.45, 2.75) is 26.4 Å². The Labute approximate surface area is 106 Å². The number of aliphatic carboxylic acids is 1. The van der Waals surface area contributed by atoms with Crippen molar-refractivity contribution in [2.24, 2.45) is 0 Å². The molecule has 1 unspecified atom stereocenters. The third kappa shape index (κ3) is 4.11. The molecule has 0 aliphatic heterocycles. The van der Waals surface area contributed by atoms with Gasteiger partial charge in [-0.1, -0.05) is 24.6 Å². The van der Waals surface area contributed by atoms with Gasteiger partial charge in [-0.15, -0.1) is 0 Å². The van der Waals surface area contributed by atoms with Crippen molar-refractivity contribution in [1.29, 1.82) is 0 Å². The third-order valence-corrected chi connectivity index (χ3v) is 2.64. The monoisotopic (exact) mass is 254 g/mol. The number of hydrogen-bond donors (Lipinski definition) is 1. The molecule has 0 fully saturated rings. The van der Waals surface area contributed by atoms with Crippen LogP contribution in [0.3, 0.4) is 0 Å². The quantitative estimate of drug-likeness (QED) is 0.817. The maximum absolute atomic E-state index is 10.5. The van der Waals surface area contributed by atoms with E-state index in [9.17, 15) is 4.79 Å². The highest BCUT2D eigenvalue weighted by molar-refractivity contribution is 6.32. The van der Waals surface area contributed by atoms with E-state index in [2.05, 4.69) is 0 Å². The standard InChI is InChI=1S/C13H15ClO3/c1-3-9(2)17-12-6-4-5-11(14)10(12)7-8-13(15)16/h4-9H,3H2,1-2H3,(H,15,16)/b8-7+. The average Bonchev–Trinajstić information content (AvgIpc) is 2.27. The molecule has 4 heteroatoms. The first-order valence-electron chi connectivity index (χ1n) is 5.40. The zero-order valence-electron chi connectivity index (χ0n) is 9.81. The van der Waals surface area contributed by atoms with E-state index in [1.165, 1.54) is 6.08 Å². The van der Waals surface area contributed by atoms with Crippen molar-refractivity contribution in [1.82, 2.24) is 0 Å². The predicted octanol–water partition coefficient (Wildman–Crippen LogP) is 3.62. The fourth-order valence-corrected chi connectivity index (χ4v) is 1.47. The summed E-state index contributed by atoms with van der Waals surface area (Å²) in [5.41, 5.74) is 0.594. The molecule has 0 aliphatic rings. The summed E-state index contributed by atoms with van der Waals surface area (Å²) in [6, 6.07) is 5.25. The molecule has 1 N–H and O–H groups in total. The molecule has 0 spiro atoms. The van der Waals surface area contributed by atoms with E-state index < -0.39 is 5.97 Å². The van der Waals surface area contributed by atoms with Crippen molar-refractivity contribution in [3.8, 4) is 5.75 Å². The Balaban J connectivity index is 3.03. The second kappa shape index (κ2) is 6.30. The average molecular weight is 255 g/mol. The van der Waals surface area contributed by atoms with Crippen LogP contribution >= 0.6 is 11.6 Å². The van der Waals surface area contributed by atoms with E-state index in [4.69, 9.17) is 21.4 Å². The molecule has 1 atom stereocenters. The first kappa shape index (κ1) is 13.6. The summed E-state index contributed by atoms with van der Waals surface area (Å²) in [5.74, 6) is -0.413. The van der Waals surface area contributed by atoms with Crippen molar-refractivity contribution in [3.63, 3.8) is 0 Å². The molecular formula is C13H15ClO3. The maximum atomic E-state index is 10.5.